The molecule has 0 aliphatic carbocycles. The molecule has 2 rings (SSSR count). The minimum absolute atomic E-state index is 0.0591. The Labute approximate surface area is 111 Å². The molecule has 0 spiro atoms. The Morgan fingerprint density at radius 1 is 1.11 bits per heavy atom. The zero-order chi connectivity index (χ0) is 14.0. The third-order valence-corrected chi connectivity index (χ3v) is 3.08. The summed E-state index contributed by atoms with van der Waals surface area (Å²) < 4.78 is 31.6. The molecule has 0 aliphatic rings. The Bertz CT molecular complexity index is 557. The van der Waals surface area contributed by atoms with E-state index < -0.39 is 11.6 Å². The maximum absolute atomic E-state index is 13.1. The monoisotopic (exact) mass is 265 g/mol. The van der Waals surface area contributed by atoms with Crippen LogP contribution in [0.1, 0.15) is 35.6 Å². The van der Waals surface area contributed by atoms with Crippen LogP contribution < -0.4 is 5.32 Å². The average molecular weight is 265 g/mol. The standard InChI is InChI=1S/C15H17F2NO/c1-9-4-15(11(3)19-9)10(2)18-8-12-5-13(16)7-14(17)6-12/h4-7,10,18H,8H2,1-3H3. The van der Waals surface area contributed by atoms with Gasteiger partial charge in [0.05, 0.1) is 0 Å². The fraction of sp³-hybridized carbons (Fsp3) is 0.333. The molecule has 0 aliphatic heterocycles. The number of hydrogen-bond donors (Lipinski definition) is 1. The molecule has 4 heteroatoms. The molecular formula is C15H17F2NO. The van der Waals surface area contributed by atoms with E-state index in [0.29, 0.717) is 12.1 Å². The number of hydrogen-bond acceptors (Lipinski definition) is 2. The summed E-state index contributed by atoms with van der Waals surface area (Å²) in [5.74, 6) is 0.612. The van der Waals surface area contributed by atoms with Gasteiger partial charge in [-0.2, -0.15) is 0 Å². The highest BCUT2D eigenvalue weighted by Gasteiger charge is 2.12. The Morgan fingerprint density at radius 2 is 1.74 bits per heavy atom. The first-order valence-electron chi connectivity index (χ1n) is 6.21. The van der Waals surface area contributed by atoms with E-state index in [2.05, 4.69) is 5.32 Å². The van der Waals surface area contributed by atoms with E-state index in [4.69, 9.17) is 4.42 Å². The van der Waals surface area contributed by atoms with Gasteiger partial charge in [-0.1, -0.05) is 0 Å². The lowest BCUT2D eigenvalue weighted by molar-refractivity contribution is 0.489. The SMILES string of the molecule is Cc1cc(C(C)NCc2cc(F)cc(F)c2)c(C)o1. The smallest absolute Gasteiger partial charge is 0.126 e. The molecule has 1 unspecified atom stereocenters. The van der Waals surface area contributed by atoms with Crippen LogP contribution in [0.15, 0.2) is 28.7 Å². The normalized spacial score (nSPS) is 12.7. The molecule has 0 radical (unpaired) electrons. The van der Waals surface area contributed by atoms with Gasteiger partial charge in [0, 0.05) is 24.2 Å². The van der Waals surface area contributed by atoms with Gasteiger partial charge in [-0.3, -0.25) is 0 Å². The van der Waals surface area contributed by atoms with Crippen molar-refractivity contribution >= 4 is 0 Å². The molecule has 1 N–H and O–H groups in total. The van der Waals surface area contributed by atoms with Crippen molar-refractivity contribution in [1.82, 2.24) is 5.32 Å². The van der Waals surface area contributed by atoms with Crippen molar-refractivity contribution in [2.75, 3.05) is 0 Å². The van der Waals surface area contributed by atoms with Crippen LogP contribution in [0.4, 0.5) is 8.78 Å². The summed E-state index contributed by atoms with van der Waals surface area (Å²) in [4.78, 5) is 0. The van der Waals surface area contributed by atoms with E-state index in [1.54, 1.807) is 0 Å². The maximum atomic E-state index is 13.1. The van der Waals surface area contributed by atoms with Crippen molar-refractivity contribution in [2.45, 2.75) is 33.4 Å². The van der Waals surface area contributed by atoms with E-state index in [1.165, 1.54) is 12.1 Å². The Hall–Kier alpha value is -1.68. The van der Waals surface area contributed by atoms with Gasteiger partial charge in [0.2, 0.25) is 0 Å². The van der Waals surface area contributed by atoms with Crippen molar-refractivity contribution in [2.24, 2.45) is 0 Å². The number of furan rings is 1. The highest BCUT2D eigenvalue weighted by Crippen LogP contribution is 2.21. The van der Waals surface area contributed by atoms with Crippen molar-refractivity contribution in [1.29, 1.82) is 0 Å². The van der Waals surface area contributed by atoms with Gasteiger partial charge in [-0.25, -0.2) is 8.78 Å². The number of benzene rings is 1. The summed E-state index contributed by atoms with van der Waals surface area (Å²) >= 11 is 0. The predicted molar refractivity (Wildman–Crippen MR) is 69.8 cm³/mol. The minimum atomic E-state index is -0.556. The van der Waals surface area contributed by atoms with Crippen molar-refractivity contribution in [3.63, 3.8) is 0 Å². The van der Waals surface area contributed by atoms with E-state index in [9.17, 15) is 8.78 Å². The first kappa shape index (κ1) is 13.7. The molecule has 0 saturated carbocycles. The molecule has 0 amide bonds. The van der Waals surface area contributed by atoms with E-state index >= 15 is 0 Å². The maximum Gasteiger partial charge on any atom is 0.126 e. The quantitative estimate of drug-likeness (QED) is 0.903. The lowest BCUT2D eigenvalue weighted by Gasteiger charge is -2.13. The second kappa shape index (κ2) is 5.53. The zero-order valence-electron chi connectivity index (χ0n) is 11.3. The van der Waals surface area contributed by atoms with E-state index in [-0.39, 0.29) is 6.04 Å². The van der Waals surface area contributed by atoms with Gasteiger partial charge in [0.15, 0.2) is 0 Å². The van der Waals surface area contributed by atoms with Crippen molar-refractivity contribution < 1.29 is 13.2 Å². The minimum Gasteiger partial charge on any atom is -0.466 e. The molecule has 1 atom stereocenters. The van der Waals surface area contributed by atoms with Crippen LogP contribution in [-0.4, -0.2) is 0 Å². The molecule has 19 heavy (non-hydrogen) atoms. The van der Waals surface area contributed by atoms with Gasteiger partial charge >= 0.3 is 0 Å². The third-order valence-electron chi connectivity index (χ3n) is 3.08. The molecule has 102 valence electrons. The molecule has 2 aromatic rings. The van der Waals surface area contributed by atoms with Crippen LogP contribution in [0.5, 0.6) is 0 Å². The van der Waals surface area contributed by atoms with Crippen molar-refractivity contribution in [3.8, 4) is 0 Å². The number of aryl methyl sites for hydroxylation is 2. The van der Waals surface area contributed by atoms with Crippen LogP contribution in [0.25, 0.3) is 0 Å². The number of halogens is 2. The zero-order valence-corrected chi connectivity index (χ0v) is 11.3. The molecular weight excluding hydrogens is 248 g/mol. The van der Waals surface area contributed by atoms with Crippen LogP contribution in [0, 0.1) is 25.5 Å². The first-order chi connectivity index (χ1) is 8.95. The summed E-state index contributed by atoms with van der Waals surface area (Å²) in [6, 6.07) is 5.56. The van der Waals surface area contributed by atoms with E-state index in [0.717, 1.165) is 23.2 Å². The first-order valence-corrected chi connectivity index (χ1v) is 6.21. The molecule has 2 nitrogen and oxygen atoms in total. The fourth-order valence-corrected chi connectivity index (χ4v) is 2.17. The summed E-state index contributed by atoms with van der Waals surface area (Å²) in [6.07, 6.45) is 0. The lowest BCUT2D eigenvalue weighted by Crippen LogP contribution is -2.18. The molecule has 1 aromatic heterocycles. The fourth-order valence-electron chi connectivity index (χ4n) is 2.17. The Balaban J connectivity index is 2.04. The molecule has 0 fully saturated rings. The molecule has 0 saturated heterocycles. The van der Waals surface area contributed by atoms with Crippen LogP contribution in [0.3, 0.4) is 0 Å². The second-order valence-corrected chi connectivity index (χ2v) is 4.75. The van der Waals surface area contributed by atoms with Gasteiger partial charge in [0.1, 0.15) is 23.2 Å². The van der Waals surface area contributed by atoms with Crippen LogP contribution in [-0.2, 0) is 6.54 Å². The van der Waals surface area contributed by atoms with Crippen LogP contribution in [0.2, 0.25) is 0 Å². The average Bonchev–Trinajstić information content (AvgIpc) is 2.64. The van der Waals surface area contributed by atoms with Crippen molar-refractivity contribution in [3.05, 3.63) is 58.5 Å². The summed E-state index contributed by atoms with van der Waals surface area (Å²) in [6.45, 7) is 6.19. The van der Waals surface area contributed by atoms with Gasteiger partial charge in [-0.05, 0) is 44.5 Å². The summed E-state index contributed by atoms with van der Waals surface area (Å²) in [7, 11) is 0. The molecule has 1 heterocycles. The summed E-state index contributed by atoms with van der Waals surface area (Å²) in [5.41, 5.74) is 1.65. The van der Waals surface area contributed by atoms with Gasteiger partial charge in [0.25, 0.3) is 0 Å². The largest absolute Gasteiger partial charge is 0.466 e. The lowest BCUT2D eigenvalue weighted by atomic mass is 10.1. The molecule has 1 aromatic carbocycles. The van der Waals surface area contributed by atoms with Gasteiger partial charge < -0.3 is 9.73 Å². The summed E-state index contributed by atoms with van der Waals surface area (Å²) in [5, 5.41) is 3.23. The van der Waals surface area contributed by atoms with Gasteiger partial charge in [-0.15, -0.1) is 0 Å². The second-order valence-electron chi connectivity index (χ2n) is 4.75. The number of nitrogens with one attached hydrogen (secondary N) is 1. The van der Waals surface area contributed by atoms with E-state index in [1.807, 2.05) is 26.8 Å². The highest BCUT2D eigenvalue weighted by atomic mass is 19.1. The topological polar surface area (TPSA) is 25.2 Å². The van der Waals surface area contributed by atoms with Crippen LogP contribution >= 0.6 is 0 Å². The Morgan fingerprint density at radius 3 is 2.26 bits per heavy atom. The predicted octanol–water partition coefficient (Wildman–Crippen LogP) is 4.03. The molecule has 0 bridgehead atoms. The highest BCUT2D eigenvalue weighted by molar-refractivity contribution is 5.24. The third kappa shape index (κ3) is 3.41. The Kier molecular flexibility index (Phi) is 4.00. The number of rotatable bonds is 4.